The van der Waals surface area contributed by atoms with Crippen molar-refractivity contribution in [2.24, 2.45) is 5.92 Å². The van der Waals surface area contributed by atoms with Crippen LogP contribution in [0.3, 0.4) is 0 Å². The lowest BCUT2D eigenvalue weighted by atomic mass is 9.97. The maximum absolute atomic E-state index is 13.5. The van der Waals surface area contributed by atoms with Crippen LogP contribution in [0.25, 0.3) is 0 Å². The SMILES string of the molecule is C=CS(=O)(=O)CCC(=O)NCC(Cc1cccc(F)c1)C(=O)N1CCOCC1. The lowest BCUT2D eigenvalue weighted by Crippen LogP contribution is -2.47. The van der Waals surface area contributed by atoms with Gasteiger partial charge in [0, 0.05) is 31.5 Å². The van der Waals surface area contributed by atoms with Gasteiger partial charge in [-0.25, -0.2) is 12.8 Å². The van der Waals surface area contributed by atoms with Gasteiger partial charge < -0.3 is 15.0 Å². The van der Waals surface area contributed by atoms with E-state index in [0.717, 1.165) is 5.41 Å². The Balaban J connectivity index is 2.01. The summed E-state index contributed by atoms with van der Waals surface area (Å²) in [5, 5.41) is 3.44. The maximum Gasteiger partial charge on any atom is 0.227 e. The van der Waals surface area contributed by atoms with Crippen LogP contribution in [0.15, 0.2) is 36.3 Å². The van der Waals surface area contributed by atoms with Crippen molar-refractivity contribution >= 4 is 21.7 Å². The van der Waals surface area contributed by atoms with E-state index in [1.807, 2.05) is 0 Å². The number of hydrogen-bond donors (Lipinski definition) is 1. The molecule has 1 saturated heterocycles. The van der Waals surface area contributed by atoms with Gasteiger partial charge >= 0.3 is 0 Å². The van der Waals surface area contributed by atoms with E-state index in [-0.39, 0.29) is 31.0 Å². The number of morpholine rings is 1. The van der Waals surface area contributed by atoms with Gasteiger partial charge in [0.15, 0.2) is 9.84 Å². The molecule has 1 aromatic carbocycles. The number of sulfone groups is 1. The van der Waals surface area contributed by atoms with Gasteiger partial charge in [-0.15, -0.1) is 0 Å². The van der Waals surface area contributed by atoms with Crippen LogP contribution in [0, 0.1) is 11.7 Å². The Hall–Kier alpha value is -2.26. The van der Waals surface area contributed by atoms with E-state index >= 15 is 0 Å². The summed E-state index contributed by atoms with van der Waals surface area (Å²) in [4.78, 5) is 26.5. The number of carbonyl (C=O) groups is 2. The average Bonchev–Trinajstić information content (AvgIpc) is 2.70. The summed E-state index contributed by atoms with van der Waals surface area (Å²) in [7, 11) is -3.47. The number of hydrogen-bond acceptors (Lipinski definition) is 5. The van der Waals surface area contributed by atoms with Gasteiger partial charge in [0.2, 0.25) is 11.8 Å². The number of benzene rings is 1. The first-order valence-corrected chi connectivity index (χ1v) is 10.7. The minimum atomic E-state index is -3.47. The van der Waals surface area contributed by atoms with Crippen LogP contribution in [-0.2, 0) is 30.6 Å². The molecule has 1 fully saturated rings. The molecule has 0 spiro atoms. The lowest BCUT2D eigenvalue weighted by molar-refractivity contribution is -0.139. The third-order valence-electron chi connectivity index (χ3n) is 4.46. The van der Waals surface area contributed by atoms with E-state index in [0.29, 0.717) is 31.9 Å². The molecule has 0 radical (unpaired) electrons. The first kappa shape index (κ1) is 22.0. The number of carbonyl (C=O) groups excluding carboxylic acids is 2. The number of nitrogens with zero attached hydrogens (tertiary/aromatic N) is 1. The van der Waals surface area contributed by atoms with E-state index in [9.17, 15) is 22.4 Å². The molecule has 1 aliphatic heterocycles. The summed E-state index contributed by atoms with van der Waals surface area (Å²) in [5.74, 6) is -1.93. The molecule has 1 aromatic rings. The zero-order valence-corrected chi connectivity index (χ0v) is 16.4. The van der Waals surface area contributed by atoms with Crippen LogP contribution in [0.1, 0.15) is 12.0 Å². The molecule has 0 bridgehead atoms. The molecule has 9 heteroatoms. The molecular formula is C19H25FN2O5S. The zero-order chi connectivity index (χ0) is 20.6. The maximum atomic E-state index is 13.5. The Labute approximate surface area is 164 Å². The van der Waals surface area contributed by atoms with Gasteiger partial charge in [-0.2, -0.15) is 0 Å². The van der Waals surface area contributed by atoms with Gasteiger partial charge in [-0.05, 0) is 24.1 Å². The molecule has 2 rings (SSSR count). The predicted octanol–water partition coefficient (Wildman–Crippen LogP) is 0.908. The number of amides is 2. The normalized spacial score (nSPS) is 15.7. The van der Waals surface area contributed by atoms with E-state index in [1.54, 1.807) is 17.0 Å². The molecule has 7 nitrogen and oxygen atoms in total. The van der Waals surface area contributed by atoms with Crippen molar-refractivity contribution in [2.45, 2.75) is 12.8 Å². The first-order valence-electron chi connectivity index (χ1n) is 9.03. The quantitative estimate of drug-likeness (QED) is 0.651. The van der Waals surface area contributed by atoms with Crippen molar-refractivity contribution in [1.82, 2.24) is 10.2 Å². The van der Waals surface area contributed by atoms with E-state index in [4.69, 9.17) is 4.74 Å². The van der Waals surface area contributed by atoms with Gasteiger partial charge in [0.1, 0.15) is 5.82 Å². The molecular weight excluding hydrogens is 387 g/mol. The van der Waals surface area contributed by atoms with Crippen LogP contribution in [0.5, 0.6) is 0 Å². The molecule has 154 valence electrons. The Morgan fingerprint density at radius 1 is 1.32 bits per heavy atom. The fraction of sp³-hybridized carbons (Fsp3) is 0.474. The molecule has 1 heterocycles. The van der Waals surface area contributed by atoms with Gasteiger partial charge in [0.25, 0.3) is 0 Å². The lowest BCUT2D eigenvalue weighted by Gasteiger charge is -2.30. The molecule has 2 amide bonds. The fourth-order valence-electron chi connectivity index (χ4n) is 2.88. The average molecular weight is 412 g/mol. The molecule has 0 aromatic heterocycles. The number of ether oxygens (including phenoxy) is 1. The predicted molar refractivity (Wildman–Crippen MR) is 103 cm³/mol. The molecule has 0 aliphatic carbocycles. The van der Waals surface area contributed by atoms with E-state index < -0.39 is 27.5 Å². The summed E-state index contributed by atoms with van der Waals surface area (Å²) >= 11 is 0. The third-order valence-corrected chi connectivity index (χ3v) is 5.74. The summed E-state index contributed by atoms with van der Waals surface area (Å²) < 4.78 is 41.6. The van der Waals surface area contributed by atoms with Crippen molar-refractivity contribution in [3.05, 3.63) is 47.6 Å². The largest absolute Gasteiger partial charge is 0.378 e. The van der Waals surface area contributed by atoms with Gasteiger partial charge in [-0.1, -0.05) is 18.7 Å². The number of nitrogens with one attached hydrogen (secondary N) is 1. The Bertz CT molecular complexity index is 806. The second-order valence-electron chi connectivity index (χ2n) is 6.56. The molecule has 1 unspecified atom stereocenters. The topological polar surface area (TPSA) is 92.8 Å². The first-order chi connectivity index (χ1) is 13.3. The van der Waals surface area contributed by atoms with Gasteiger partial charge in [0.05, 0.1) is 24.9 Å². The van der Waals surface area contributed by atoms with Crippen molar-refractivity contribution in [2.75, 3.05) is 38.6 Å². The van der Waals surface area contributed by atoms with Crippen LogP contribution in [0.2, 0.25) is 0 Å². The highest BCUT2D eigenvalue weighted by Crippen LogP contribution is 2.14. The van der Waals surface area contributed by atoms with Gasteiger partial charge in [-0.3, -0.25) is 9.59 Å². The van der Waals surface area contributed by atoms with E-state index in [2.05, 4.69) is 11.9 Å². The minimum absolute atomic E-state index is 0.0413. The zero-order valence-electron chi connectivity index (χ0n) is 15.6. The Kier molecular flexibility index (Phi) is 8.13. The Morgan fingerprint density at radius 2 is 2.04 bits per heavy atom. The summed E-state index contributed by atoms with van der Waals surface area (Å²) in [6.07, 6.45) is 0.0476. The highest BCUT2D eigenvalue weighted by atomic mass is 32.2. The summed E-state index contributed by atoms with van der Waals surface area (Å²) in [6.45, 7) is 5.07. The molecule has 28 heavy (non-hydrogen) atoms. The second-order valence-corrected chi connectivity index (χ2v) is 8.62. The molecule has 1 N–H and O–H groups in total. The molecule has 0 saturated carbocycles. The van der Waals surface area contributed by atoms with Crippen LogP contribution in [0.4, 0.5) is 4.39 Å². The van der Waals surface area contributed by atoms with Crippen LogP contribution < -0.4 is 5.32 Å². The number of rotatable bonds is 9. The highest BCUT2D eigenvalue weighted by molar-refractivity contribution is 7.94. The standard InChI is InChI=1S/C19H25FN2O5S/c1-2-28(25,26)11-6-18(23)21-14-16(12-15-4-3-5-17(20)13-15)19(24)22-7-9-27-10-8-22/h2-5,13,16H,1,6-12,14H2,(H,21,23). The van der Waals surface area contributed by atoms with Crippen molar-refractivity contribution in [3.63, 3.8) is 0 Å². The minimum Gasteiger partial charge on any atom is -0.378 e. The van der Waals surface area contributed by atoms with Crippen molar-refractivity contribution in [1.29, 1.82) is 0 Å². The monoisotopic (exact) mass is 412 g/mol. The summed E-state index contributed by atoms with van der Waals surface area (Å²) in [6, 6.07) is 5.98. The highest BCUT2D eigenvalue weighted by Gasteiger charge is 2.26. The smallest absolute Gasteiger partial charge is 0.227 e. The Morgan fingerprint density at radius 3 is 2.68 bits per heavy atom. The van der Waals surface area contributed by atoms with E-state index in [1.165, 1.54) is 12.1 Å². The second kappa shape index (κ2) is 10.3. The summed E-state index contributed by atoms with van der Waals surface area (Å²) in [5.41, 5.74) is 0.648. The van der Waals surface area contributed by atoms with Crippen molar-refractivity contribution < 1.29 is 27.1 Å². The van der Waals surface area contributed by atoms with Crippen molar-refractivity contribution in [3.8, 4) is 0 Å². The van der Waals surface area contributed by atoms with Crippen LogP contribution >= 0.6 is 0 Å². The van der Waals surface area contributed by atoms with Crippen LogP contribution in [-0.4, -0.2) is 63.7 Å². The molecule has 1 atom stereocenters. The molecule has 1 aliphatic rings. The fourth-order valence-corrected chi connectivity index (χ4v) is 3.52. The number of halogens is 1. The third kappa shape index (κ3) is 7.05.